The van der Waals surface area contributed by atoms with Crippen LogP contribution in [0.3, 0.4) is 0 Å². The van der Waals surface area contributed by atoms with Crippen LogP contribution < -0.4 is 5.73 Å². The maximum Gasteiger partial charge on any atom is 0.123 e. The van der Waals surface area contributed by atoms with Crippen molar-refractivity contribution in [1.82, 2.24) is 0 Å². The van der Waals surface area contributed by atoms with Gasteiger partial charge in [-0.1, -0.05) is 12.1 Å². The van der Waals surface area contributed by atoms with E-state index in [4.69, 9.17) is 10.5 Å². The summed E-state index contributed by atoms with van der Waals surface area (Å²) in [5, 5.41) is 0. The standard InChI is InChI=1S/C12H16FNO/c13-11-3-1-9(2-4-11)7-15-8-10-5-12(14)6-10/h1-4,10,12H,5-8,14H2/t10-,12+. The van der Waals surface area contributed by atoms with E-state index in [1.807, 2.05) is 0 Å². The molecule has 0 saturated heterocycles. The third-order valence-electron chi connectivity index (χ3n) is 2.81. The van der Waals surface area contributed by atoms with E-state index in [0.717, 1.165) is 25.0 Å². The molecule has 0 unspecified atom stereocenters. The van der Waals surface area contributed by atoms with Crippen molar-refractivity contribution < 1.29 is 9.13 Å². The Hall–Kier alpha value is -0.930. The molecule has 1 aliphatic rings. The molecule has 0 heterocycles. The first kappa shape index (κ1) is 10.6. The van der Waals surface area contributed by atoms with Crippen LogP contribution in [0.4, 0.5) is 4.39 Å². The Labute approximate surface area is 89.2 Å². The lowest BCUT2D eigenvalue weighted by molar-refractivity contribution is 0.0519. The van der Waals surface area contributed by atoms with Crippen molar-refractivity contribution in [2.75, 3.05) is 6.61 Å². The highest BCUT2D eigenvalue weighted by Gasteiger charge is 2.25. The fraction of sp³-hybridized carbons (Fsp3) is 0.500. The maximum atomic E-state index is 12.6. The van der Waals surface area contributed by atoms with Gasteiger partial charge >= 0.3 is 0 Å². The van der Waals surface area contributed by atoms with Crippen LogP contribution >= 0.6 is 0 Å². The smallest absolute Gasteiger partial charge is 0.123 e. The molecule has 0 spiro atoms. The van der Waals surface area contributed by atoms with Crippen molar-refractivity contribution in [3.63, 3.8) is 0 Å². The summed E-state index contributed by atoms with van der Waals surface area (Å²) in [5.41, 5.74) is 6.69. The van der Waals surface area contributed by atoms with E-state index < -0.39 is 0 Å². The lowest BCUT2D eigenvalue weighted by Crippen LogP contribution is -2.38. The van der Waals surface area contributed by atoms with Crippen molar-refractivity contribution >= 4 is 0 Å². The highest BCUT2D eigenvalue weighted by molar-refractivity contribution is 5.14. The summed E-state index contributed by atoms with van der Waals surface area (Å²) in [4.78, 5) is 0. The second kappa shape index (κ2) is 4.73. The van der Waals surface area contributed by atoms with E-state index in [9.17, 15) is 4.39 Å². The first-order valence-corrected chi connectivity index (χ1v) is 5.32. The van der Waals surface area contributed by atoms with Crippen molar-refractivity contribution in [3.05, 3.63) is 35.6 Å². The van der Waals surface area contributed by atoms with E-state index in [1.165, 1.54) is 12.1 Å². The fourth-order valence-corrected chi connectivity index (χ4v) is 1.85. The van der Waals surface area contributed by atoms with E-state index in [2.05, 4.69) is 0 Å². The molecule has 2 rings (SSSR count). The van der Waals surface area contributed by atoms with Crippen LogP contribution in [0.1, 0.15) is 18.4 Å². The quantitative estimate of drug-likeness (QED) is 0.824. The molecule has 1 saturated carbocycles. The summed E-state index contributed by atoms with van der Waals surface area (Å²) >= 11 is 0. The molecule has 1 fully saturated rings. The minimum absolute atomic E-state index is 0.205. The van der Waals surface area contributed by atoms with Crippen molar-refractivity contribution in [2.45, 2.75) is 25.5 Å². The van der Waals surface area contributed by atoms with Gasteiger partial charge in [0.15, 0.2) is 0 Å². The Balaban J connectivity index is 1.67. The second-order valence-electron chi connectivity index (χ2n) is 4.24. The molecule has 82 valence electrons. The first-order chi connectivity index (χ1) is 7.24. The van der Waals surface area contributed by atoms with Gasteiger partial charge in [-0.15, -0.1) is 0 Å². The molecular weight excluding hydrogens is 193 g/mol. The van der Waals surface area contributed by atoms with Crippen LogP contribution in [0.15, 0.2) is 24.3 Å². The van der Waals surface area contributed by atoms with Gasteiger partial charge in [0.1, 0.15) is 5.82 Å². The summed E-state index contributed by atoms with van der Waals surface area (Å²) in [6.07, 6.45) is 2.15. The average Bonchev–Trinajstić information content (AvgIpc) is 2.18. The van der Waals surface area contributed by atoms with Crippen LogP contribution in [0.5, 0.6) is 0 Å². The van der Waals surface area contributed by atoms with Gasteiger partial charge in [-0.3, -0.25) is 0 Å². The van der Waals surface area contributed by atoms with Gasteiger partial charge in [-0.2, -0.15) is 0 Å². The molecule has 0 bridgehead atoms. The molecule has 1 aromatic carbocycles. The van der Waals surface area contributed by atoms with Crippen LogP contribution in [0, 0.1) is 11.7 Å². The first-order valence-electron chi connectivity index (χ1n) is 5.32. The second-order valence-corrected chi connectivity index (χ2v) is 4.24. The number of rotatable bonds is 4. The molecule has 0 atom stereocenters. The van der Waals surface area contributed by atoms with Crippen LogP contribution in [-0.2, 0) is 11.3 Å². The summed E-state index contributed by atoms with van der Waals surface area (Å²) in [7, 11) is 0. The molecule has 15 heavy (non-hydrogen) atoms. The Bertz CT molecular complexity index is 306. The molecule has 3 heteroatoms. The Morgan fingerprint density at radius 2 is 1.93 bits per heavy atom. The van der Waals surface area contributed by atoms with E-state index in [-0.39, 0.29) is 5.82 Å². The van der Waals surface area contributed by atoms with Gasteiger partial charge in [0, 0.05) is 12.6 Å². The zero-order valence-electron chi connectivity index (χ0n) is 8.66. The topological polar surface area (TPSA) is 35.2 Å². The normalized spacial score (nSPS) is 24.9. The highest BCUT2D eigenvalue weighted by atomic mass is 19.1. The Kier molecular flexibility index (Phi) is 3.34. The summed E-state index contributed by atoms with van der Waals surface area (Å²) in [6.45, 7) is 1.33. The fourth-order valence-electron chi connectivity index (χ4n) is 1.85. The third kappa shape index (κ3) is 3.01. The maximum absolute atomic E-state index is 12.6. The van der Waals surface area contributed by atoms with Gasteiger partial charge in [0.25, 0.3) is 0 Å². The minimum Gasteiger partial charge on any atom is -0.376 e. The van der Waals surface area contributed by atoms with Gasteiger partial charge in [-0.25, -0.2) is 4.39 Å². The van der Waals surface area contributed by atoms with Crippen molar-refractivity contribution in [3.8, 4) is 0 Å². The molecule has 1 aliphatic carbocycles. The van der Waals surface area contributed by atoms with Crippen LogP contribution in [0.25, 0.3) is 0 Å². The lowest BCUT2D eigenvalue weighted by Gasteiger charge is -2.31. The zero-order valence-corrected chi connectivity index (χ0v) is 8.66. The van der Waals surface area contributed by atoms with Gasteiger partial charge in [0.2, 0.25) is 0 Å². The van der Waals surface area contributed by atoms with Crippen molar-refractivity contribution in [1.29, 1.82) is 0 Å². The molecule has 0 amide bonds. The predicted molar refractivity (Wildman–Crippen MR) is 56.8 cm³/mol. The molecule has 2 N–H and O–H groups in total. The molecule has 2 nitrogen and oxygen atoms in total. The largest absolute Gasteiger partial charge is 0.376 e. The summed E-state index contributed by atoms with van der Waals surface area (Å²) in [5.74, 6) is 0.421. The molecule has 0 aliphatic heterocycles. The summed E-state index contributed by atoms with van der Waals surface area (Å²) < 4.78 is 18.1. The van der Waals surface area contributed by atoms with Crippen molar-refractivity contribution in [2.24, 2.45) is 11.7 Å². The van der Waals surface area contributed by atoms with Gasteiger partial charge in [0.05, 0.1) is 6.61 Å². The van der Waals surface area contributed by atoms with E-state index in [1.54, 1.807) is 12.1 Å². The highest BCUT2D eigenvalue weighted by Crippen LogP contribution is 2.25. The number of benzene rings is 1. The Morgan fingerprint density at radius 1 is 1.27 bits per heavy atom. The van der Waals surface area contributed by atoms with Crippen LogP contribution in [-0.4, -0.2) is 12.6 Å². The predicted octanol–water partition coefficient (Wildman–Crippen LogP) is 2.08. The lowest BCUT2D eigenvalue weighted by atomic mass is 9.82. The van der Waals surface area contributed by atoms with E-state index >= 15 is 0 Å². The molecule has 1 aromatic rings. The summed E-state index contributed by atoms with van der Waals surface area (Å²) in [6, 6.07) is 6.80. The monoisotopic (exact) mass is 209 g/mol. The SMILES string of the molecule is N[C@H]1C[C@@H](COCc2ccc(F)cc2)C1. The van der Waals surface area contributed by atoms with Gasteiger partial charge < -0.3 is 10.5 Å². The number of hydrogen-bond donors (Lipinski definition) is 1. The minimum atomic E-state index is -0.205. The van der Waals surface area contributed by atoms with E-state index in [0.29, 0.717) is 18.6 Å². The zero-order chi connectivity index (χ0) is 10.7. The number of ether oxygens (including phenoxy) is 1. The van der Waals surface area contributed by atoms with Crippen LogP contribution in [0.2, 0.25) is 0 Å². The molecule has 0 aromatic heterocycles. The van der Waals surface area contributed by atoms with Gasteiger partial charge in [-0.05, 0) is 36.5 Å². The average molecular weight is 209 g/mol. The number of nitrogens with two attached hydrogens (primary N) is 1. The number of hydrogen-bond acceptors (Lipinski definition) is 2. The molecule has 0 radical (unpaired) electrons. The third-order valence-corrected chi connectivity index (χ3v) is 2.81. The molecular formula is C12H16FNO. The Morgan fingerprint density at radius 3 is 2.53 bits per heavy atom. The number of halogens is 1.